The summed E-state index contributed by atoms with van der Waals surface area (Å²) in [4.78, 5) is 22.3. The van der Waals surface area contributed by atoms with Gasteiger partial charge in [0, 0.05) is 10.0 Å². The van der Waals surface area contributed by atoms with Gasteiger partial charge >= 0.3 is 94.6 Å². The Kier molecular flexibility index (Phi) is 11.8. The molecule has 1 heterocycles. The summed E-state index contributed by atoms with van der Waals surface area (Å²) in [6, 6.07) is 6.82. The van der Waals surface area contributed by atoms with Gasteiger partial charge in [0.05, 0.1) is 5.57 Å². The van der Waals surface area contributed by atoms with Gasteiger partial charge in [-0.15, -0.1) is 10.2 Å². The van der Waals surface area contributed by atoms with Crippen molar-refractivity contribution in [3.05, 3.63) is 40.0 Å². The first-order valence-corrected chi connectivity index (χ1v) is 5.09. The van der Waals surface area contributed by atoms with Crippen molar-refractivity contribution in [3.63, 3.8) is 0 Å². The van der Waals surface area contributed by atoms with Crippen LogP contribution in [-0.4, -0.2) is 17.0 Å². The summed E-state index contributed by atoms with van der Waals surface area (Å²) in [6.45, 7) is 0. The van der Waals surface area contributed by atoms with Gasteiger partial charge < -0.3 is 9.39 Å². The maximum absolute atomic E-state index is 11.4. The number of amides is 1. The molecule has 0 unspecified atom stereocenters. The van der Waals surface area contributed by atoms with Crippen LogP contribution in [0.4, 0.5) is 0 Å². The smallest absolute Gasteiger partial charge is 1.00 e. The fourth-order valence-electron chi connectivity index (χ4n) is 1.35. The molecular formula is C10H8BrN2Na3O3. The quantitative estimate of drug-likeness (QED) is 0.538. The zero-order valence-corrected chi connectivity index (χ0v) is 18.4. The molecule has 0 radical (unpaired) electrons. The van der Waals surface area contributed by atoms with Gasteiger partial charge in [0.15, 0.2) is 5.70 Å². The Labute approximate surface area is 188 Å². The molecule has 2 rings (SSSR count). The number of carboxylic acid groups (broad SMARTS) is 1. The van der Waals surface area contributed by atoms with Crippen LogP contribution in [0.25, 0.3) is 5.57 Å². The number of hydrogen-bond acceptors (Lipinski definition) is 3. The Bertz CT molecular complexity index is 573. The molecule has 0 saturated carbocycles. The molecule has 0 bridgehead atoms. The molecule has 1 aromatic rings. The average Bonchev–Trinajstić information content (AvgIpc) is 2.61. The maximum atomic E-state index is 11.4. The van der Waals surface area contributed by atoms with Crippen molar-refractivity contribution in [2.24, 2.45) is 10.2 Å². The third-order valence-electron chi connectivity index (χ3n) is 2.04. The summed E-state index contributed by atoms with van der Waals surface area (Å²) in [6.07, 6.45) is 0. The molecule has 9 heteroatoms. The van der Waals surface area contributed by atoms with Gasteiger partial charge in [-0.2, -0.15) is 0 Å². The SMILES string of the molecule is O=C(O)C1=C(c2ccccc2Br)C(=O)N=N1.[H-].[H-].[H-].[Na+].[Na+].[Na+]. The second kappa shape index (κ2) is 10.00. The molecule has 0 fully saturated rings. The number of nitrogens with zero attached hydrogens (tertiary/aromatic N) is 2. The maximum Gasteiger partial charge on any atom is 1.00 e. The largest absolute Gasteiger partial charge is 1.00 e. The van der Waals surface area contributed by atoms with E-state index in [-0.39, 0.29) is 104 Å². The molecule has 0 aliphatic carbocycles. The van der Waals surface area contributed by atoms with Crippen LogP contribution < -0.4 is 88.7 Å². The molecule has 5 nitrogen and oxygen atoms in total. The Balaban J connectivity index is -0.000000161. The molecular weight excluding hydrogens is 345 g/mol. The third kappa shape index (κ3) is 5.14. The molecule has 0 spiro atoms. The number of azo groups is 1. The van der Waals surface area contributed by atoms with Crippen LogP contribution >= 0.6 is 15.9 Å². The Morgan fingerprint density at radius 2 is 1.74 bits per heavy atom. The summed E-state index contributed by atoms with van der Waals surface area (Å²) in [5.74, 6) is -1.90. The number of carbonyl (C=O) groups is 2. The van der Waals surface area contributed by atoms with Crippen LogP contribution in [0.2, 0.25) is 0 Å². The van der Waals surface area contributed by atoms with Crippen molar-refractivity contribution < 1.29 is 108 Å². The van der Waals surface area contributed by atoms with E-state index in [0.717, 1.165) is 0 Å². The Hall–Kier alpha value is 1.18. The number of halogens is 1. The Morgan fingerprint density at radius 1 is 1.16 bits per heavy atom. The van der Waals surface area contributed by atoms with E-state index in [2.05, 4.69) is 26.2 Å². The van der Waals surface area contributed by atoms with E-state index in [1.807, 2.05) is 0 Å². The molecule has 19 heavy (non-hydrogen) atoms. The van der Waals surface area contributed by atoms with Crippen LogP contribution in [0, 0.1) is 0 Å². The molecule has 1 amide bonds. The number of aliphatic carboxylic acids is 1. The van der Waals surface area contributed by atoms with Crippen molar-refractivity contribution in [2.75, 3.05) is 0 Å². The topological polar surface area (TPSA) is 79.1 Å². The number of hydrogen-bond donors (Lipinski definition) is 1. The summed E-state index contributed by atoms with van der Waals surface area (Å²) < 4.78 is 0.629. The van der Waals surface area contributed by atoms with Gasteiger partial charge in [-0.1, -0.05) is 34.1 Å². The molecule has 1 aliphatic rings. The van der Waals surface area contributed by atoms with Gasteiger partial charge in [-0.3, -0.25) is 4.79 Å². The average molecular weight is 353 g/mol. The normalized spacial score (nSPS) is 12.4. The minimum atomic E-state index is -1.26. The molecule has 0 saturated heterocycles. The molecule has 1 aliphatic heterocycles. The predicted molar refractivity (Wildman–Crippen MR) is 61.9 cm³/mol. The van der Waals surface area contributed by atoms with Crippen LogP contribution in [0.5, 0.6) is 0 Å². The van der Waals surface area contributed by atoms with Crippen LogP contribution in [0.1, 0.15) is 9.84 Å². The molecule has 1 N–H and O–H groups in total. The van der Waals surface area contributed by atoms with Gasteiger partial charge in [0.25, 0.3) is 5.91 Å². The summed E-state index contributed by atoms with van der Waals surface area (Å²) in [5.41, 5.74) is 0.173. The van der Waals surface area contributed by atoms with E-state index in [4.69, 9.17) is 5.11 Å². The summed E-state index contributed by atoms with van der Waals surface area (Å²) in [7, 11) is 0. The molecule has 86 valence electrons. The third-order valence-corrected chi connectivity index (χ3v) is 2.73. The Morgan fingerprint density at radius 3 is 2.26 bits per heavy atom. The van der Waals surface area contributed by atoms with E-state index in [1.165, 1.54) is 0 Å². The van der Waals surface area contributed by atoms with Crippen LogP contribution in [0.15, 0.2) is 44.7 Å². The first-order chi connectivity index (χ1) is 7.61. The molecule has 0 atom stereocenters. The summed E-state index contributed by atoms with van der Waals surface area (Å²) >= 11 is 3.25. The van der Waals surface area contributed by atoms with E-state index in [0.29, 0.717) is 10.0 Å². The number of carboxylic acids is 1. The van der Waals surface area contributed by atoms with Crippen molar-refractivity contribution in [1.82, 2.24) is 0 Å². The summed E-state index contributed by atoms with van der Waals surface area (Å²) in [5, 5.41) is 15.5. The van der Waals surface area contributed by atoms with Gasteiger partial charge in [0.2, 0.25) is 0 Å². The minimum Gasteiger partial charge on any atom is -1.00 e. The monoisotopic (exact) mass is 352 g/mol. The van der Waals surface area contributed by atoms with Gasteiger partial charge in [-0.25, -0.2) is 4.79 Å². The van der Waals surface area contributed by atoms with Crippen molar-refractivity contribution in [3.8, 4) is 0 Å². The van der Waals surface area contributed by atoms with E-state index in [1.54, 1.807) is 24.3 Å². The first-order valence-electron chi connectivity index (χ1n) is 4.30. The van der Waals surface area contributed by atoms with Crippen LogP contribution in [0.3, 0.4) is 0 Å². The van der Waals surface area contributed by atoms with Gasteiger partial charge in [-0.05, 0) is 6.07 Å². The zero-order valence-electron chi connectivity index (χ0n) is 13.8. The molecule has 1 aromatic carbocycles. The fraction of sp³-hybridized carbons (Fsp3) is 0. The second-order valence-corrected chi connectivity index (χ2v) is 3.87. The predicted octanol–water partition coefficient (Wildman–Crippen LogP) is -6.41. The van der Waals surface area contributed by atoms with Gasteiger partial charge in [0.1, 0.15) is 0 Å². The minimum absolute atomic E-state index is 0. The van der Waals surface area contributed by atoms with Crippen molar-refractivity contribution in [1.29, 1.82) is 0 Å². The zero-order chi connectivity index (χ0) is 11.7. The standard InChI is InChI=1S/C10H5BrN2O3.3Na.3H/c11-6-4-2-1-3-5(6)7-8(10(15)16)12-13-9(7)14;;;;;;/h1-4H,(H,15,16);;;;;;/q;3*+1;3*-1. The number of carbonyl (C=O) groups excluding carboxylic acids is 1. The number of rotatable bonds is 2. The van der Waals surface area contributed by atoms with E-state index in [9.17, 15) is 9.59 Å². The van der Waals surface area contributed by atoms with E-state index >= 15 is 0 Å². The number of benzene rings is 1. The first kappa shape index (κ1) is 22.5. The van der Waals surface area contributed by atoms with Crippen molar-refractivity contribution in [2.45, 2.75) is 0 Å². The van der Waals surface area contributed by atoms with Crippen LogP contribution in [-0.2, 0) is 9.59 Å². The van der Waals surface area contributed by atoms with Crippen molar-refractivity contribution >= 4 is 33.4 Å². The fourth-order valence-corrected chi connectivity index (χ4v) is 1.84. The second-order valence-electron chi connectivity index (χ2n) is 3.01. The van der Waals surface area contributed by atoms with E-state index < -0.39 is 11.9 Å². The molecule has 0 aromatic heterocycles.